The Morgan fingerprint density at radius 1 is 1.31 bits per heavy atom. The number of hydrogen-bond acceptors (Lipinski definition) is 2. The summed E-state index contributed by atoms with van der Waals surface area (Å²) >= 11 is 0. The molecule has 1 heterocycles. The monoisotopic (exact) mass is 184 g/mol. The number of rotatable bonds is 3. The topological polar surface area (TPSA) is 38.0 Å². The predicted molar refractivity (Wildman–Crippen MR) is 57.7 cm³/mol. The minimum atomic E-state index is 0.0275. The molecule has 78 valence electrons. The fourth-order valence-electron chi connectivity index (χ4n) is 1.96. The van der Waals surface area contributed by atoms with E-state index in [1.807, 2.05) is 0 Å². The Morgan fingerprint density at radius 3 is 2.77 bits per heavy atom. The molecule has 0 aromatic carbocycles. The first-order valence-corrected chi connectivity index (χ1v) is 5.57. The zero-order chi connectivity index (χ0) is 9.73. The highest BCUT2D eigenvalue weighted by atomic mass is 14.8. The standard InChI is InChI=1S/C11H24N2/c1-11(2,12)7-5-10-4-3-8-13-9-6-10/h10,13H,3-9,12H2,1-2H3. The molecule has 2 nitrogen and oxygen atoms in total. The van der Waals surface area contributed by atoms with Crippen molar-refractivity contribution in [3.8, 4) is 0 Å². The summed E-state index contributed by atoms with van der Waals surface area (Å²) < 4.78 is 0. The van der Waals surface area contributed by atoms with Crippen LogP contribution in [0.3, 0.4) is 0 Å². The number of nitrogens with one attached hydrogen (secondary N) is 1. The SMILES string of the molecule is CC(C)(N)CCC1CCCNCC1. The van der Waals surface area contributed by atoms with Gasteiger partial charge in [-0.1, -0.05) is 0 Å². The van der Waals surface area contributed by atoms with Gasteiger partial charge < -0.3 is 11.1 Å². The molecule has 3 N–H and O–H groups in total. The second-order valence-corrected chi connectivity index (χ2v) is 5.07. The van der Waals surface area contributed by atoms with E-state index in [-0.39, 0.29) is 5.54 Å². The van der Waals surface area contributed by atoms with Gasteiger partial charge in [0.1, 0.15) is 0 Å². The van der Waals surface area contributed by atoms with Crippen LogP contribution in [0.5, 0.6) is 0 Å². The van der Waals surface area contributed by atoms with Crippen molar-refractivity contribution in [1.82, 2.24) is 5.32 Å². The summed E-state index contributed by atoms with van der Waals surface area (Å²) in [6.07, 6.45) is 6.55. The van der Waals surface area contributed by atoms with Gasteiger partial charge >= 0.3 is 0 Å². The van der Waals surface area contributed by atoms with Crippen LogP contribution in [0.2, 0.25) is 0 Å². The van der Waals surface area contributed by atoms with E-state index in [0.29, 0.717) is 0 Å². The Bertz CT molecular complexity index is 130. The van der Waals surface area contributed by atoms with E-state index in [0.717, 1.165) is 12.3 Å². The van der Waals surface area contributed by atoms with Gasteiger partial charge in [0.2, 0.25) is 0 Å². The summed E-state index contributed by atoms with van der Waals surface area (Å²) in [5.41, 5.74) is 6.00. The van der Waals surface area contributed by atoms with E-state index in [1.54, 1.807) is 0 Å². The van der Waals surface area contributed by atoms with Gasteiger partial charge in [-0.05, 0) is 65.0 Å². The van der Waals surface area contributed by atoms with Crippen molar-refractivity contribution in [3.63, 3.8) is 0 Å². The second-order valence-electron chi connectivity index (χ2n) is 5.07. The first-order chi connectivity index (χ1) is 6.08. The van der Waals surface area contributed by atoms with Crippen LogP contribution in [0.4, 0.5) is 0 Å². The van der Waals surface area contributed by atoms with Crippen LogP contribution >= 0.6 is 0 Å². The predicted octanol–water partition coefficient (Wildman–Crippen LogP) is 1.89. The Balaban J connectivity index is 2.19. The van der Waals surface area contributed by atoms with Gasteiger partial charge in [0.15, 0.2) is 0 Å². The Hall–Kier alpha value is -0.0800. The highest BCUT2D eigenvalue weighted by molar-refractivity contribution is 4.75. The van der Waals surface area contributed by atoms with Crippen LogP contribution in [0.25, 0.3) is 0 Å². The van der Waals surface area contributed by atoms with Gasteiger partial charge in [-0.2, -0.15) is 0 Å². The molecule has 1 unspecified atom stereocenters. The van der Waals surface area contributed by atoms with Crippen LogP contribution in [0.15, 0.2) is 0 Å². The molecular weight excluding hydrogens is 160 g/mol. The Morgan fingerprint density at radius 2 is 2.08 bits per heavy atom. The van der Waals surface area contributed by atoms with Crippen LogP contribution in [-0.2, 0) is 0 Å². The van der Waals surface area contributed by atoms with Crippen molar-refractivity contribution < 1.29 is 0 Å². The highest BCUT2D eigenvalue weighted by Gasteiger charge is 2.16. The van der Waals surface area contributed by atoms with Crippen LogP contribution in [-0.4, -0.2) is 18.6 Å². The van der Waals surface area contributed by atoms with Crippen molar-refractivity contribution in [1.29, 1.82) is 0 Å². The zero-order valence-electron chi connectivity index (χ0n) is 9.10. The molecule has 0 aliphatic carbocycles. The first kappa shape index (κ1) is 11.0. The molecule has 0 radical (unpaired) electrons. The van der Waals surface area contributed by atoms with Gasteiger partial charge in [0.25, 0.3) is 0 Å². The molecular formula is C11H24N2. The van der Waals surface area contributed by atoms with Crippen molar-refractivity contribution in [2.24, 2.45) is 11.7 Å². The van der Waals surface area contributed by atoms with E-state index < -0.39 is 0 Å². The molecule has 0 saturated carbocycles. The maximum Gasteiger partial charge on any atom is 0.00971 e. The molecule has 0 aromatic rings. The Labute approximate surface area is 82.3 Å². The van der Waals surface area contributed by atoms with Crippen molar-refractivity contribution in [2.45, 2.75) is 51.5 Å². The van der Waals surface area contributed by atoms with Gasteiger partial charge in [-0.3, -0.25) is 0 Å². The molecule has 1 fully saturated rings. The third-order valence-corrected chi connectivity index (χ3v) is 2.89. The molecule has 0 bridgehead atoms. The number of hydrogen-bond donors (Lipinski definition) is 2. The lowest BCUT2D eigenvalue weighted by Crippen LogP contribution is -2.32. The summed E-state index contributed by atoms with van der Waals surface area (Å²) in [6.45, 7) is 6.67. The van der Waals surface area contributed by atoms with Crippen molar-refractivity contribution >= 4 is 0 Å². The second kappa shape index (κ2) is 4.97. The smallest absolute Gasteiger partial charge is 0.00971 e. The van der Waals surface area contributed by atoms with E-state index in [2.05, 4.69) is 19.2 Å². The average Bonchev–Trinajstić information content (AvgIpc) is 2.26. The van der Waals surface area contributed by atoms with Crippen molar-refractivity contribution in [2.75, 3.05) is 13.1 Å². The van der Waals surface area contributed by atoms with E-state index >= 15 is 0 Å². The lowest BCUT2D eigenvalue weighted by molar-refractivity contribution is 0.361. The largest absolute Gasteiger partial charge is 0.326 e. The quantitative estimate of drug-likeness (QED) is 0.703. The molecule has 1 atom stereocenters. The van der Waals surface area contributed by atoms with Crippen LogP contribution in [0, 0.1) is 5.92 Å². The Kier molecular flexibility index (Phi) is 4.20. The lowest BCUT2D eigenvalue weighted by atomic mass is 9.89. The molecule has 13 heavy (non-hydrogen) atoms. The first-order valence-electron chi connectivity index (χ1n) is 5.57. The fourth-order valence-corrected chi connectivity index (χ4v) is 1.96. The molecule has 0 spiro atoms. The summed E-state index contributed by atoms with van der Waals surface area (Å²) in [5, 5.41) is 3.44. The molecule has 1 rings (SSSR count). The van der Waals surface area contributed by atoms with E-state index in [1.165, 1.54) is 38.8 Å². The van der Waals surface area contributed by atoms with E-state index in [9.17, 15) is 0 Å². The third-order valence-electron chi connectivity index (χ3n) is 2.89. The summed E-state index contributed by atoms with van der Waals surface area (Å²) in [5.74, 6) is 0.915. The van der Waals surface area contributed by atoms with Gasteiger partial charge in [0, 0.05) is 5.54 Å². The maximum atomic E-state index is 5.98. The molecule has 1 aliphatic heterocycles. The lowest BCUT2D eigenvalue weighted by Gasteiger charge is -2.22. The normalized spacial score (nSPS) is 25.6. The maximum absolute atomic E-state index is 5.98. The summed E-state index contributed by atoms with van der Waals surface area (Å²) in [6, 6.07) is 0. The third kappa shape index (κ3) is 5.27. The minimum Gasteiger partial charge on any atom is -0.326 e. The molecule has 1 saturated heterocycles. The minimum absolute atomic E-state index is 0.0275. The summed E-state index contributed by atoms with van der Waals surface area (Å²) in [4.78, 5) is 0. The van der Waals surface area contributed by atoms with Crippen LogP contribution in [0.1, 0.15) is 46.0 Å². The van der Waals surface area contributed by atoms with Crippen LogP contribution < -0.4 is 11.1 Å². The van der Waals surface area contributed by atoms with E-state index in [4.69, 9.17) is 5.73 Å². The highest BCUT2D eigenvalue weighted by Crippen LogP contribution is 2.22. The van der Waals surface area contributed by atoms with Gasteiger partial charge in [-0.15, -0.1) is 0 Å². The van der Waals surface area contributed by atoms with Gasteiger partial charge in [-0.25, -0.2) is 0 Å². The number of nitrogens with two attached hydrogens (primary N) is 1. The molecule has 0 amide bonds. The van der Waals surface area contributed by atoms with Gasteiger partial charge in [0.05, 0.1) is 0 Å². The fraction of sp³-hybridized carbons (Fsp3) is 1.00. The zero-order valence-corrected chi connectivity index (χ0v) is 9.10. The molecule has 1 aliphatic rings. The van der Waals surface area contributed by atoms with Crippen molar-refractivity contribution in [3.05, 3.63) is 0 Å². The summed E-state index contributed by atoms with van der Waals surface area (Å²) in [7, 11) is 0. The molecule has 0 aromatic heterocycles. The molecule has 2 heteroatoms. The average molecular weight is 184 g/mol.